The van der Waals surface area contributed by atoms with E-state index in [1.165, 1.54) is 12.8 Å². The van der Waals surface area contributed by atoms with Gasteiger partial charge in [-0.05, 0) is 34.7 Å². The Morgan fingerprint density at radius 3 is 2.87 bits per heavy atom. The van der Waals surface area contributed by atoms with Crippen molar-refractivity contribution < 1.29 is 0 Å². The van der Waals surface area contributed by atoms with Gasteiger partial charge in [0.05, 0.1) is 0 Å². The van der Waals surface area contributed by atoms with Gasteiger partial charge in [-0.3, -0.25) is 0 Å². The molecule has 5 heteroatoms. The van der Waals surface area contributed by atoms with Crippen molar-refractivity contribution in [2.24, 2.45) is 5.92 Å². The second-order valence-electron chi connectivity index (χ2n) is 3.93. The van der Waals surface area contributed by atoms with Crippen LogP contribution in [-0.4, -0.2) is 30.6 Å². The van der Waals surface area contributed by atoms with Crippen LogP contribution in [0.25, 0.3) is 0 Å². The van der Waals surface area contributed by atoms with Crippen molar-refractivity contribution in [1.82, 2.24) is 9.97 Å². The van der Waals surface area contributed by atoms with E-state index in [0.29, 0.717) is 0 Å². The lowest BCUT2D eigenvalue weighted by Gasteiger charge is -2.19. The third-order valence-electron chi connectivity index (χ3n) is 2.60. The van der Waals surface area contributed by atoms with Crippen molar-refractivity contribution in [2.45, 2.75) is 12.8 Å². The molecule has 1 aromatic rings. The van der Waals surface area contributed by atoms with Gasteiger partial charge in [0.25, 0.3) is 0 Å². The van der Waals surface area contributed by atoms with Gasteiger partial charge < -0.3 is 10.2 Å². The fourth-order valence-corrected chi connectivity index (χ4v) is 2.28. The largest absolute Gasteiger partial charge is 0.372 e. The van der Waals surface area contributed by atoms with Crippen LogP contribution in [0.3, 0.4) is 0 Å². The Morgan fingerprint density at radius 2 is 2.27 bits per heavy atom. The maximum atomic E-state index is 4.30. The molecule has 0 atom stereocenters. The summed E-state index contributed by atoms with van der Waals surface area (Å²) in [6, 6.07) is 0. The van der Waals surface area contributed by atoms with E-state index in [1.807, 2.05) is 7.05 Å². The number of hydrogen-bond acceptors (Lipinski definition) is 4. The molecule has 0 saturated heterocycles. The minimum Gasteiger partial charge on any atom is -0.372 e. The summed E-state index contributed by atoms with van der Waals surface area (Å²) < 4.78 is 0.940. The first-order valence-corrected chi connectivity index (χ1v) is 5.91. The Balaban J connectivity index is 2.17. The molecular formula is C10H15BrN4. The molecule has 0 radical (unpaired) electrons. The quantitative estimate of drug-likeness (QED) is 0.910. The molecule has 1 fully saturated rings. The highest BCUT2D eigenvalue weighted by atomic mass is 79.9. The SMILES string of the molecule is CNc1ncnc(N(C)CC2CC2)c1Br. The Hall–Kier alpha value is -0.840. The molecule has 4 nitrogen and oxygen atoms in total. The van der Waals surface area contributed by atoms with Crippen LogP contribution in [0.4, 0.5) is 11.6 Å². The van der Waals surface area contributed by atoms with Crippen LogP contribution in [0.5, 0.6) is 0 Å². The zero-order valence-electron chi connectivity index (χ0n) is 9.00. The van der Waals surface area contributed by atoms with E-state index in [-0.39, 0.29) is 0 Å². The first kappa shape index (κ1) is 10.7. The first-order valence-electron chi connectivity index (χ1n) is 5.11. The van der Waals surface area contributed by atoms with Gasteiger partial charge in [0.2, 0.25) is 0 Å². The molecule has 1 aliphatic rings. The number of rotatable bonds is 4. The Morgan fingerprint density at radius 1 is 1.53 bits per heavy atom. The lowest BCUT2D eigenvalue weighted by atomic mass is 10.4. The molecule has 0 unspecified atom stereocenters. The van der Waals surface area contributed by atoms with E-state index < -0.39 is 0 Å². The lowest BCUT2D eigenvalue weighted by Crippen LogP contribution is -2.22. The van der Waals surface area contributed by atoms with Gasteiger partial charge in [-0.2, -0.15) is 0 Å². The maximum absolute atomic E-state index is 4.30. The molecule has 2 rings (SSSR count). The van der Waals surface area contributed by atoms with Crippen molar-refractivity contribution >= 4 is 27.6 Å². The van der Waals surface area contributed by atoms with E-state index in [4.69, 9.17) is 0 Å². The Kier molecular flexibility index (Phi) is 3.09. The highest BCUT2D eigenvalue weighted by molar-refractivity contribution is 9.10. The smallest absolute Gasteiger partial charge is 0.148 e. The van der Waals surface area contributed by atoms with E-state index in [9.17, 15) is 0 Å². The molecule has 0 bridgehead atoms. The summed E-state index contributed by atoms with van der Waals surface area (Å²) in [6.07, 6.45) is 4.30. The van der Waals surface area contributed by atoms with Crippen LogP contribution >= 0.6 is 15.9 Å². The van der Waals surface area contributed by atoms with Crippen LogP contribution in [0.2, 0.25) is 0 Å². The minimum absolute atomic E-state index is 0.836. The summed E-state index contributed by atoms with van der Waals surface area (Å²) in [4.78, 5) is 10.6. The standard InChI is InChI=1S/C10H15BrN4/c1-12-9-8(11)10(14-6-13-9)15(2)5-7-3-4-7/h6-7H,3-5H2,1-2H3,(H,12,13,14). The number of nitrogens with zero attached hydrogens (tertiary/aromatic N) is 3. The van der Waals surface area contributed by atoms with Crippen molar-refractivity contribution in [3.63, 3.8) is 0 Å². The molecular weight excluding hydrogens is 256 g/mol. The molecule has 1 aromatic heterocycles. The van der Waals surface area contributed by atoms with Crippen molar-refractivity contribution in [2.75, 3.05) is 30.9 Å². The number of hydrogen-bond donors (Lipinski definition) is 1. The Labute approximate surface area is 98.2 Å². The average molecular weight is 271 g/mol. The summed E-state index contributed by atoms with van der Waals surface area (Å²) in [5.74, 6) is 2.65. The van der Waals surface area contributed by atoms with Crippen molar-refractivity contribution in [3.05, 3.63) is 10.8 Å². The number of anilines is 2. The van der Waals surface area contributed by atoms with Crippen LogP contribution in [-0.2, 0) is 0 Å². The second-order valence-corrected chi connectivity index (χ2v) is 4.73. The fraction of sp³-hybridized carbons (Fsp3) is 0.600. The predicted molar refractivity (Wildman–Crippen MR) is 65.3 cm³/mol. The zero-order chi connectivity index (χ0) is 10.8. The second kappa shape index (κ2) is 4.35. The molecule has 0 aliphatic heterocycles. The zero-order valence-corrected chi connectivity index (χ0v) is 10.6. The van der Waals surface area contributed by atoms with E-state index in [0.717, 1.165) is 28.6 Å². The van der Waals surface area contributed by atoms with Crippen LogP contribution < -0.4 is 10.2 Å². The van der Waals surface area contributed by atoms with E-state index in [2.05, 4.69) is 43.2 Å². The third-order valence-corrected chi connectivity index (χ3v) is 3.33. The average Bonchev–Trinajstić information content (AvgIpc) is 3.02. The molecule has 1 aliphatic carbocycles. The van der Waals surface area contributed by atoms with Crippen molar-refractivity contribution in [3.8, 4) is 0 Å². The molecule has 1 heterocycles. The fourth-order valence-electron chi connectivity index (χ4n) is 1.58. The molecule has 1 N–H and O–H groups in total. The van der Waals surface area contributed by atoms with E-state index in [1.54, 1.807) is 6.33 Å². The summed E-state index contributed by atoms with van der Waals surface area (Å²) in [5.41, 5.74) is 0. The van der Waals surface area contributed by atoms with Gasteiger partial charge in [-0.25, -0.2) is 9.97 Å². The lowest BCUT2D eigenvalue weighted by molar-refractivity contribution is 0.774. The van der Waals surface area contributed by atoms with Gasteiger partial charge >= 0.3 is 0 Å². The molecule has 15 heavy (non-hydrogen) atoms. The highest BCUT2D eigenvalue weighted by Gasteiger charge is 2.24. The topological polar surface area (TPSA) is 41.1 Å². The monoisotopic (exact) mass is 270 g/mol. The summed E-state index contributed by atoms with van der Waals surface area (Å²) in [5, 5.41) is 3.03. The van der Waals surface area contributed by atoms with Gasteiger partial charge in [0, 0.05) is 20.6 Å². The van der Waals surface area contributed by atoms with Crippen LogP contribution in [0.15, 0.2) is 10.8 Å². The predicted octanol–water partition coefficient (Wildman–Crippen LogP) is 2.13. The molecule has 0 aromatic carbocycles. The maximum Gasteiger partial charge on any atom is 0.148 e. The minimum atomic E-state index is 0.836. The number of halogens is 1. The molecule has 1 saturated carbocycles. The highest BCUT2D eigenvalue weighted by Crippen LogP contribution is 2.33. The van der Waals surface area contributed by atoms with E-state index >= 15 is 0 Å². The molecule has 0 amide bonds. The van der Waals surface area contributed by atoms with Crippen LogP contribution in [0, 0.1) is 5.92 Å². The molecule has 0 spiro atoms. The first-order chi connectivity index (χ1) is 7.22. The summed E-state index contributed by atoms with van der Waals surface area (Å²) >= 11 is 3.52. The number of nitrogens with one attached hydrogen (secondary N) is 1. The third kappa shape index (κ3) is 2.40. The van der Waals surface area contributed by atoms with Crippen molar-refractivity contribution in [1.29, 1.82) is 0 Å². The summed E-state index contributed by atoms with van der Waals surface area (Å²) in [6.45, 7) is 1.08. The molecule has 82 valence electrons. The van der Waals surface area contributed by atoms with Gasteiger partial charge in [-0.1, -0.05) is 0 Å². The normalized spacial score (nSPS) is 15.1. The van der Waals surface area contributed by atoms with Crippen LogP contribution in [0.1, 0.15) is 12.8 Å². The summed E-state index contributed by atoms with van der Waals surface area (Å²) in [7, 11) is 3.93. The van der Waals surface area contributed by atoms with Gasteiger partial charge in [0.1, 0.15) is 22.4 Å². The number of aromatic nitrogens is 2. The van der Waals surface area contributed by atoms with Gasteiger partial charge in [-0.15, -0.1) is 0 Å². The van der Waals surface area contributed by atoms with Gasteiger partial charge in [0.15, 0.2) is 0 Å². The Bertz CT molecular complexity index is 351.